The summed E-state index contributed by atoms with van der Waals surface area (Å²) < 4.78 is 25.1. The zero-order chi connectivity index (χ0) is 15.6. The highest BCUT2D eigenvalue weighted by Crippen LogP contribution is 1.95. The fraction of sp³-hybridized carbons (Fsp3) is 0.538. The van der Waals surface area contributed by atoms with Gasteiger partial charge in [-0.3, -0.25) is 4.98 Å². The van der Waals surface area contributed by atoms with E-state index in [2.05, 4.69) is 25.3 Å². The van der Waals surface area contributed by atoms with Crippen molar-refractivity contribution in [1.29, 1.82) is 0 Å². The number of pyridine rings is 1. The largest absolute Gasteiger partial charge is 0.357 e. The van der Waals surface area contributed by atoms with E-state index in [-0.39, 0.29) is 5.75 Å². The predicted molar refractivity (Wildman–Crippen MR) is 84.5 cm³/mol. The summed E-state index contributed by atoms with van der Waals surface area (Å²) in [7, 11) is -3.15. The van der Waals surface area contributed by atoms with Crippen molar-refractivity contribution in [3.05, 3.63) is 30.1 Å². The highest BCUT2D eigenvalue weighted by Gasteiger charge is 2.04. The van der Waals surface area contributed by atoms with Gasteiger partial charge in [0.05, 0.1) is 18.0 Å². The summed E-state index contributed by atoms with van der Waals surface area (Å²) in [6, 6.07) is 5.68. The molecule has 0 spiro atoms. The van der Waals surface area contributed by atoms with Gasteiger partial charge in [-0.2, -0.15) is 0 Å². The Morgan fingerprint density at radius 2 is 2.05 bits per heavy atom. The van der Waals surface area contributed by atoms with Crippen molar-refractivity contribution in [1.82, 2.24) is 20.3 Å². The van der Waals surface area contributed by atoms with Gasteiger partial charge in [-0.1, -0.05) is 6.07 Å². The van der Waals surface area contributed by atoms with E-state index in [0.717, 1.165) is 12.2 Å². The Hall–Kier alpha value is -1.67. The number of hydrogen-bond donors (Lipinski definition) is 3. The molecule has 1 aromatic rings. The van der Waals surface area contributed by atoms with Crippen molar-refractivity contribution >= 4 is 16.0 Å². The van der Waals surface area contributed by atoms with Gasteiger partial charge in [0.2, 0.25) is 10.0 Å². The number of sulfonamides is 1. The predicted octanol–water partition coefficient (Wildman–Crippen LogP) is 0.0760. The summed E-state index contributed by atoms with van der Waals surface area (Å²) in [5.74, 6) is 0.722. The van der Waals surface area contributed by atoms with Crippen LogP contribution < -0.4 is 15.4 Å². The molecule has 21 heavy (non-hydrogen) atoms. The quantitative estimate of drug-likeness (QED) is 0.359. The molecule has 3 N–H and O–H groups in total. The van der Waals surface area contributed by atoms with E-state index in [0.29, 0.717) is 25.6 Å². The van der Waals surface area contributed by atoms with Crippen LogP contribution in [0.5, 0.6) is 0 Å². The van der Waals surface area contributed by atoms with Crippen LogP contribution in [0.25, 0.3) is 0 Å². The van der Waals surface area contributed by atoms with E-state index in [1.807, 2.05) is 25.1 Å². The van der Waals surface area contributed by atoms with Crippen LogP contribution >= 0.6 is 0 Å². The normalized spacial score (nSPS) is 12.2. The summed E-state index contributed by atoms with van der Waals surface area (Å²) in [4.78, 5) is 8.59. The summed E-state index contributed by atoms with van der Waals surface area (Å²) in [5, 5.41) is 6.17. The third-order valence-electron chi connectivity index (χ3n) is 2.59. The van der Waals surface area contributed by atoms with Gasteiger partial charge >= 0.3 is 0 Å². The van der Waals surface area contributed by atoms with Crippen molar-refractivity contribution in [2.75, 3.05) is 25.4 Å². The molecule has 0 fully saturated rings. The van der Waals surface area contributed by atoms with Crippen molar-refractivity contribution in [2.24, 2.45) is 4.99 Å². The minimum atomic E-state index is -3.15. The van der Waals surface area contributed by atoms with Crippen LogP contribution in [-0.2, 0) is 16.6 Å². The van der Waals surface area contributed by atoms with E-state index < -0.39 is 10.0 Å². The van der Waals surface area contributed by atoms with Crippen molar-refractivity contribution in [2.45, 2.75) is 20.4 Å². The van der Waals surface area contributed by atoms with Crippen LogP contribution in [0.15, 0.2) is 29.4 Å². The van der Waals surface area contributed by atoms with Crippen LogP contribution in [-0.4, -0.2) is 44.7 Å². The van der Waals surface area contributed by atoms with Crippen molar-refractivity contribution < 1.29 is 8.42 Å². The van der Waals surface area contributed by atoms with Gasteiger partial charge in [-0.25, -0.2) is 18.1 Å². The van der Waals surface area contributed by atoms with Gasteiger partial charge in [0, 0.05) is 25.8 Å². The van der Waals surface area contributed by atoms with Gasteiger partial charge in [0.25, 0.3) is 0 Å². The summed E-state index contributed by atoms with van der Waals surface area (Å²) in [6.45, 7) is 5.56. The number of aliphatic imine (C=N–C) groups is 1. The van der Waals surface area contributed by atoms with Crippen molar-refractivity contribution in [3.63, 3.8) is 0 Å². The molecule has 1 rings (SSSR count). The molecule has 0 atom stereocenters. The molecule has 7 nitrogen and oxygen atoms in total. The van der Waals surface area contributed by atoms with Gasteiger partial charge in [-0.05, 0) is 26.0 Å². The Bertz CT molecular complexity index is 531. The molecule has 118 valence electrons. The minimum Gasteiger partial charge on any atom is -0.357 e. The first-order chi connectivity index (χ1) is 10.1. The van der Waals surface area contributed by atoms with E-state index in [4.69, 9.17) is 0 Å². The lowest BCUT2D eigenvalue weighted by Gasteiger charge is -2.11. The molecule has 0 saturated carbocycles. The molecule has 0 saturated heterocycles. The number of guanidine groups is 1. The van der Waals surface area contributed by atoms with Gasteiger partial charge in [0.1, 0.15) is 0 Å². The van der Waals surface area contributed by atoms with E-state index >= 15 is 0 Å². The fourth-order valence-corrected chi connectivity index (χ4v) is 2.10. The maximum absolute atomic E-state index is 11.3. The maximum atomic E-state index is 11.3. The molecular weight excluding hydrogens is 290 g/mol. The molecule has 0 aliphatic rings. The molecule has 0 aliphatic heterocycles. The van der Waals surface area contributed by atoms with Crippen LogP contribution in [0.2, 0.25) is 0 Å². The standard InChI is InChI=1S/C13H23N5O2S/c1-3-14-13(16-9-10-18-21(19,20)4-2)17-11-12-7-5-6-8-15-12/h5-8,18H,3-4,9-11H2,1-2H3,(H2,14,16,17). The van der Waals surface area contributed by atoms with Crippen LogP contribution in [0.3, 0.4) is 0 Å². The Labute approximate surface area is 126 Å². The number of hydrogen-bond acceptors (Lipinski definition) is 4. The third-order valence-corrected chi connectivity index (χ3v) is 3.99. The number of aromatic nitrogens is 1. The number of rotatable bonds is 8. The Balaban J connectivity index is 2.42. The Kier molecular flexibility index (Phi) is 7.70. The molecule has 0 radical (unpaired) electrons. The lowest BCUT2D eigenvalue weighted by molar-refractivity contribution is 0.582. The second kappa shape index (κ2) is 9.30. The lowest BCUT2D eigenvalue weighted by atomic mass is 10.3. The number of nitrogens with zero attached hydrogens (tertiary/aromatic N) is 2. The van der Waals surface area contributed by atoms with Gasteiger partial charge in [0.15, 0.2) is 5.96 Å². The molecule has 0 unspecified atom stereocenters. The second-order valence-corrected chi connectivity index (χ2v) is 6.34. The first-order valence-corrected chi connectivity index (χ1v) is 8.62. The second-order valence-electron chi connectivity index (χ2n) is 4.24. The first-order valence-electron chi connectivity index (χ1n) is 6.96. The van der Waals surface area contributed by atoms with Crippen LogP contribution in [0.1, 0.15) is 19.5 Å². The van der Waals surface area contributed by atoms with Gasteiger partial charge < -0.3 is 10.6 Å². The fourth-order valence-electron chi connectivity index (χ4n) is 1.48. The Morgan fingerprint density at radius 3 is 2.67 bits per heavy atom. The highest BCUT2D eigenvalue weighted by molar-refractivity contribution is 7.89. The highest BCUT2D eigenvalue weighted by atomic mass is 32.2. The monoisotopic (exact) mass is 313 g/mol. The van der Waals surface area contributed by atoms with Gasteiger partial charge in [-0.15, -0.1) is 0 Å². The topological polar surface area (TPSA) is 95.5 Å². The van der Waals surface area contributed by atoms with Crippen molar-refractivity contribution in [3.8, 4) is 0 Å². The molecule has 8 heteroatoms. The zero-order valence-electron chi connectivity index (χ0n) is 12.5. The molecule has 0 aromatic carbocycles. The lowest BCUT2D eigenvalue weighted by Crippen LogP contribution is -2.41. The number of nitrogens with one attached hydrogen (secondary N) is 3. The van der Waals surface area contributed by atoms with E-state index in [1.54, 1.807) is 13.1 Å². The first kappa shape index (κ1) is 17.4. The van der Waals surface area contributed by atoms with E-state index in [9.17, 15) is 8.42 Å². The molecule has 1 aromatic heterocycles. The molecule has 1 heterocycles. The average Bonchev–Trinajstić information content (AvgIpc) is 2.50. The molecular formula is C13H23N5O2S. The van der Waals surface area contributed by atoms with Crippen LogP contribution in [0.4, 0.5) is 0 Å². The minimum absolute atomic E-state index is 0.0842. The molecule has 0 amide bonds. The summed E-state index contributed by atoms with van der Waals surface area (Å²) in [5.41, 5.74) is 0.876. The third kappa shape index (κ3) is 7.62. The van der Waals surface area contributed by atoms with E-state index in [1.165, 1.54) is 0 Å². The zero-order valence-corrected chi connectivity index (χ0v) is 13.3. The summed E-state index contributed by atoms with van der Waals surface area (Å²) >= 11 is 0. The SMILES string of the molecule is CCNC(=NCc1ccccn1)NCCNS(=O)(=O)CC. The summed E-state index contributed by atoms with van der Waals surface area (Å²) in [6.07, 6.45) is 1.73. The maximum Gasteiger partial charge on any atom is 0.211 e. The molecule has 0 aliphatic carbocycles. The molecule has 0 bridgehead atoms. The van der Waals surface area contributed by atoms with Crippen LogP contribution in [0, 0.1) is 0 Å². The average molecular weight is 313 g/mol. The smallest absolute Gasteiger partial charge is 0.211 e. The Morgan fingerprint density at radius 1 is 1.24 bits per heavy atom.